The van der Waals surface area contributed by atoms with Gasteiger partial charge in [-0.1, -0.05) is 30.2 Å². The fraction of sp³-hybridized carbons (Fsp3) is 0.111. The zero-order chi connectivity index (χ0) is 16.1. The first kappa shape index (κ1) is 14.8. The lowest BCUT2D eigenvalue weighted by Crippen LogP contribution is -2.07. The number of nitrogens with zero attached hydrogens (tertiary/aromatic N) is 2. The van der Waals surface area contributed by atoms with E-state index in [0.29, 0.717) is 11.4 Å². The second-order valence-corrected chi connectivity index (χ2v) is 4.84. The molecule has 0 bridgehead atoms. The number of ether oxygens (including phenoxy) is 1. The molecule has 0 aliphatic carbocycles. The highest BCUT2D eigenvalue weighted by atomic mass is 16.5. The van der Waals surface area contributed by atoms with Crippen molar-refractivity contribution in [3.05, 3.63) is 71.7 Å². The van der Waals surface area contributed by atoms with Crippen molar-refractivity contribution in [3.8, 4) is 11.8 Å². The predicted octanol–water partition coefficient (Wildman–Crippen LogP) is 2.34. The van der Waals surface area contributed by atoms with Gasteiger partial charge in [-0.15, -0.1) is 0 Å². The highest BCUT2D eigenvalue weighted by Crippen LogP contribution is 2.13. The number of imidazole rings is 1. The third kappa shape index (κ3) is 3.57. The molecular weight excluding hydrogens is 292 g/mol. The van der Waals surface area contributed by atoms with Crippen molar-refractivity contribution >= 4 is 11.6 Å². The molecular formula is C18H14N2O3. The molecule has 0 fully saturated rings. The van der Waals surface area contributed by atoms with Gasteiger partial charge in [-0.2, -0.15) is 0 Å². The number of carboxylic acid groups (broad SMARTS) is 1. The van der Waals surface area contributed by atoms with E-state index in [9.17, 15) is 4.79 Å². The summed E-state index contributed by atoms with van der Waals surface area (Å²) in [7, 11) is 0. The van der Waals surface area contributed by atoms with Crippen LogP contribution in [-0.2, 0) is 16.1 Å². The largest absolute Gasteiger partial charge is 0.480 e. The van der Waals surface area contributed by atoms with Gasteiger partial charge in [0.15, 0.2) is 0 Å². The Bertz CT molecular complexity index is 889. The van der Waals surface area contributed by atoms with Crippen LogP contribution < -0.4 is 0 Å². The van der Waals surface area contributed by atoms with Crippen molar-refractivity contribution in [1.29, 1.82) is 0 Å². The van der Waals surface area contributed by atoms with E-state index in [1.54, 1.807) is 0 Å². The first-order chi connectivity index (χ1) is 11.2. The first-order valence-electron chi connectivity index (χ1n) is 7.06. The number of benzene rings is 1. The van der Waals surface area contributed by atoms with Crippen LogP contribution >= 0.6 is 0 Å². The van der Waals surface area contributed by atoms with Crippen molar-refractivity contribution < 1.29 is 14.6 Å². The molecule has 2 heterocycles. The molecule has 2 aromatic heterocycles. The molecule has 5 heteroatoms. The van der Waals surface area contributed by atoms with E-state index in [2.05, 4.69) is 16.8 Å². The maximum absolute atomic E-state index is 10.6. The van der Waals surface area contributed by atoms with Crippen molar-refractivity contribution in [2.24, 2.45) is 0 Å². The third-order valence-electron chi connectivity index (χ3n) is 3.17. The molecule has 3 aromatic rings. The summed E-state index contributed by atoms with van der Waals surface area (Å²) in [6.45, 7) is -0.258. The van der Waals surface area contributed by atoms with Gasteiger partial charge in [0.1, 0.15) is 23.6 Å². The van der Waals surface area contributed by atoms with Gasteiger partial charge in [-0.3, -0.25) is 4.40 Å². The van der Waals surface area contributed by atoms with Gasteiger partial charge in [0, 0.05) is 11.8 Å². The van der Waals surface area contributed by atoms with E-state index >= 15 is 0 Å². The molecule has 23 heavy (non-hydrogen) atoms. The van der Waals surface area contributed by atoms with Crippen LogP contribution in [0.25, 0.3) is 5.65 Å². The van der Waals surface area contributed by atoms with Crippen LogP contribution in [0.4, 0.5) is 0 Å². The van der Waals surface area contributed by atoms with E-state index in [1.165, 1.54) is 0 Å². The molecule has 0 unspecified atom stereocenters. The van der Waals surface area contributed by atoms with Crippen LogP contribution in [-0.4, -0.2) is 27.1 Å². The third-order valence-corrected chi connectivity index (χ3v) is 3.17. The Labute approximate surface area is 133 Å². The lowest BCUT2D eigenvalue weighted by Gasteiger charge is -1.99. The zero-order valence-corrected chi connectivity index (χ0v) is 12.3. The number of pyridine rings is 1. The Morgan fingerprint density at radius 2 is 1.91 bits per heavy atom. The molecule has 0 amide bonds. The standard InChI is InChI=1S/C18H14N2O3/c21-18(22)13-23-12-15-16(10-9-14-6-2-1-3-7-14)20-11-5-4-8-17(20)19-15/h1-8,11H,12-13H2,(H,21,22). The minimum atomic E-state index is -1.01. The van der Waals surface area contributed by atoms with Gasteiger partial charge >= 0.3 is 5.97 Å². The Kier molecular flexibility index (Phi) is 4.37. The average Bonchev–Trinajstić information content (AvgIpc) is 2.91. The number of aliphatic carboxylic acids is 1. The van der Waals surface area contributed by atoms with Crippen LogP contribution in [0.2, 0.25) is 0 Å². The summed E-state index contributed by atoms with van der Waals surface area (Å²) in [6.07, 6.45) is 1.87. The first-order valence-corrected chi connectivity index (χ1v) is 7.06. The quantitative estimate of drug-likeness (QED) is 0.751. The van der Waals surface area contributed by atoms with Gasteiger partial charge < -0.3 is 9.84 Å². The fourth-order valence-electron chi connectivity index (χ4n) is 2.17. The lowest BCUT2D eigenvalue weighted by atomic mass is 10.2. The number of carboxylic acids is 1. The number of rotatable bonds is 4. The Morgan fingerprint density at radius 1 is 1.13 bits per heavy atom. The van der Waals surface area contributed by atoms with Gasteiger partial charge in [-0.05, 0) is 30.2 Å². The van der Waals surface area contributed by atoms with Crippen molar-refractivity contribution in [3.63, 3.8) is 0 Å². The van der Waals surface area contributed by atoms with Crippen molar-refractivity contribution in [1.82, 2.24) is 9.38 Å². The Morgan fingerprint density at radius 3 is 2.70 bits per heavy atom. The van der Waals surface area contributed by atoms with Gasteiger partial charge in [-0.25, -0.2) is 9.78 Å². The number of aromatic nitrogens is 2. The zero-order valence-electron chi connectivity index (χ0n) is 12.3. The number of hydrogen-bond acceptors (Lipinski definition) is 3. The minimum Gasteiger partial charge on any atom is -0.480 e. The molecule has 5 nitrogen and oxygen atoms in total. The summed E-state index contributed by atoms with van der Waals surface area (Å²) in [4.78, 5) is 15.0. The van der Waals surface area contributed by atoms with Crippen molar-refractivity contribution in [2.75, 3.05) is 6.61 Å². The lowest BCUT2D eigenvalue weighted by molar-refractivity contribution is -0.142. The van der Waals surface area contributed by atoms with E-state index in [1.807, 2.05) is 59.1 Å². The summed E-state index contributed by atoms with van der Waals surface area (Å²) in [5.41, 5.74) is 2.98. The monoisotopic (exact) mass is 306 g/mol. The second-order valence-electron chi connectivity index (χ2n) is 4.84. The van der Waals surface area contributed by atoms with Crippen LogP contribution in [0, 0.1) is 11.8 Å². The van der Waals surface area contributed by atoms with E-state index < -0.39 is 5.97 Å². The molecule has 0 atom stereocenters. The molecule has 0 spiro atoms. The smallest absolute Gasteiger partial charge is 0.329 e. The highest BCUT2D eigenvalue weighted by molar-refractivity contribution is 5.68. The molecule has 1 N–H and O–H groups in total. The van der Waals surface area contributed by atoms with Crippen LogP contribution in [0.5, 0.6) is 0 Å². The maximum Gasteiger partial charge on any atom is 0.329 e. The number of fused-ring (bicyclic) bond motifs is 1. The summed E-state index contributed by atoms with van der Waals surface area (Å²) in [5, 5.41) is 8.67. The van der Waals surface area contributed by atoms with Crippen LogP contribution in [0.3, 0.4) is 0 Å². The molecule has 0 aliphatic heterocycles. The summed E-state index contributed by atoms with van der Waals surface area (Å²) in [6, 6.07) is 15.3. The fourth-order valence-corrected chi connectivity index (χ4v) is 2.17. The molecule has 1 aromatic carbocycles. The molecule has 0 aliphatic rings. The highest BCUT2D eigenvalue weighted by Gasteiger charge is 2.10. The molecule has 0 saturated carbocycles. The van der Waals surface area contributed by atoms with E-state index in [4.69, 9.17) is 9.84 Å². The van der Waals surface area contributed by atoms with Crippen molar-refractivity contribution in [2.45, 2.75) is 6.61 Å². The number of hydrogen-bond donors (Lipinski definition) is 1. The minimum absolute atomic E-state index is 0.104. The normalized spacial score (nSPS) is 10.3. The maximum atomic E-state index is 10.6. The van der Waals surface area contributed by atoms with E-state index in [-0.39, 0.29) is 13.2 Å². The Hall–Kier alpha value is -3.10. The molecule has 114 valence electrons. The SMILES string of the molecule is O=C(O)COCc1nc2ccccn2c1C#Cc1ccccc1. The topological polar surface area (TPSA) is 63.8 Å². The van der Waals surface area contributed by atoms with Gasteiger partial charge in [0.2, 0.25) is 0 Å². The molecule has 3 rings (SSSR count). The molecule has 0 saturated heterocycles. The van der Waals surface area contributed by atoms with Gasteiger partial charge in [0.25, 0.3) is 0 Å². The van der Waals surface area contributed by atoms with E-state index in [0.717, 1.165) is 11.2 Å². The second kappa shape index (κ2) is 6.77. The Balaban J connectivity index is 1.96. The summed E-state index contributed by atoms with van der Waals surface area (Å²) >= 11 is 0. The van der Waals surface area contributed by atoms with Crippen LogP contribution in [0.15, 0.2) is 54.7 Å². The summed E-state index contributed by atoms with van der Waals surface area (Å²) < 4.78 is 7.03. The predicted molar refractivity (Wildman–Crippen MR) is 84.9 cm³/mol. The summed E-state index contributed by atoms with van der Waals surface area (Å²) in [5.74, 6) is 5.20. The van der Waals surface area contributed by atoms with Gasteiger partial charge in [0.05, 0.1) is 6.61 Å². The number of carbonyl (C=O) groups is 1. The average molecular weight is 306 g/mol. The van der Waals surface area contributed by atoms with Crippen LogP contribution in [0.1, 0.15) is 17.0 Å². The molecule has 0 radical (unpaired) electrons.